The maximum Gasteiger partial charge on any atom is 0.220 e. The Morgan fingerprint density at radius 2 is 2.40 bits per heavy atom. The summed E-state index contributed by atoms with van der Waals surface area (Å²) in [4.78, 5) is 17.6. The van der Waals surface area contributed by atoms with Crippen LogP contribution in [0, 0.1) is 0 Å². The predicted octanol–water partition coefficient (Wildman–Crippen LogP) is 2.53. The zero-order chi connectivity index (χ0) is 10.8. The van der Waals surface area contributed by atoms with E-state index in [4.69, 9.17) is 0 Å². The number of carbonyl (C=O) groups is 1. The van der Waals surface area contributed by atoms with Crippen molar-refractivity contribution in [3.63, 3.8) is 0 Å². The molecule has 1 atom stereocenters. The molecule has 0 bridgehead atoms. The van der Waals surface area contributed by atoms with Crippen LogP contribution >= 0.6 is 15.9 Å². The largest absolute Gasteiger partial charge is 0.334 e. The molecule has 1 amide bonds. The molecule has 0 spiro atoms. The minimum atomic E-state index is 0.141. The number of hydrogen-bond donors (Lipinski definition) is 0. The Hall–Kier alpha value is -0.900. The van der Waals surface area contributed by atoms with Crippen molar-refractivity contribution < 1.29 is 4.79 Å². The Morgan fingerprint density at radius 3 is 3.00 bits per heavy atom. The zero-order valence-electron chi connectivity index (χ0n) is 8.61. The van der Waals surface area contributed by atoms with Crippen LogP contribution in [0.25, 0.3) is 0 Å². The Balaban J connectivity index is 2.22. The number of rotatable bonds is 1. The standard InChI is InChI=1S/C11H13BrN2O/c1-8(15)14-6-2-3-11(14)10-5-4-9(12)7-13-10/h4-5,7,11H,2-3,6H2,1H3. The first-order valence-electron chi connectivity index (χ1n) is 5.07. The summed E-state index contributed by atoms with van der Waals surface area (Å²) in [5, 5.41) is 0. The minimum Gasteiger partial charge on any atom is -0.334 e. The number of amides is 1. The van der Waals surface area contributed by atoms with Gasteiger partial charge < -0.3 is 4.90 Å². The van der Waals surface area contributed by atoms with Crippen LogP contribution in [-0.2, 0) is 4.79 Å². The fourth-order valence-electron chi connectivity index (χ4n) is 2.04. The van der Waals surface area contributed by atoms with E-state index in [1.165, 1.54) is 0 Å². The Labute approximate surface area is 97.6 Å². The van der Waals surface area contributed by atoms with Crippen LogP contribution in [0.2, 0.25) is 0 Å². The molecule has 1 fully saturated rings. The summed E-state index contributed by atoms with van der Waals surface area (Å²) in [6, 6.07) is 4.13. The van der Waals surface area contributed by atoms with E-state index in [0.29, 0.717) is 0 Å². The predicted molar refractivity (Wildman–Crippen MR) is 61.3 cm³/mol. The molecule has 3 nitrogen and oxygen atoms in total. The molecule has 1 aromatic heterocycles. The molecule has 0 aromatic carbocycles. The number of carbonyl (C=O) groups excluding carboxylic acids is 1. The lowest BCUT2D eigenvalue weighted by Crippen LogP contribution is -2.28. The summed E-state index contributed by atoms with van der Waals surface area (Å²) in [5.41, 5.74) is 0.992. The second-order valence-electron chi connectivity index (χ2n) is 3.77. The van der Waals surface area contributed by atoms with Crippen molar-refractivity contribution >= 4 is 21.8 Å². The van der Waals surface area contributed by atoms with E-state index in [0.717, 1.165) is 29.6 Å². The van der Waals surface area contributed by atoms with Gasteiger partial charge in [-0.3, -0.25) is 9.78 Å². The maximum absolute atomic E-state index is 11.4. The Bertz CT molecular complexity index is 363. The molecular weight excluding hydrogens is 256 g/mol. The van der Waals surface area contributed by atoms with Crippen molar-refractivity contribution in [1.29, 1.82) is 0 Å². The smallest absolute Gasteiger partial charge is 0.220 e. The molecule has 15 heavy (non-hydrogen) atoms. The van der Waals surface area contributed by atoms with E-state index in [-0.39, 0.29) is 11.9 Å². The van der Waals surface area contributed by atoms with Crippen molar-refractivity contribution in [2.75, 3.05) is 6.54 Å². The molecular formula is C11H13BrN2O. The van der Waals surface area contributed by atoms with Gasteiger partial charge in [-0.05, 0) is 40.9 Å². The van der Waals surface area contributed by atoms with E-state index < -0.39 is 0 Å². The van der Waals surface area contributed by atoms with Gasteiger partial charge in [0.05, 0.1) is 11.7 Å². The lowest BCUT2D eigenvalue weighted by atomic mass is 10.1. The fraction of sp³-hybridized carbons (Fsp3) is 0.455. The average molecular weight is 269 g/mol. The topological polar surface area (TPSA) is 33.2 Å². The van der Waals surface area contributed by atoms with Crippen LogP contribution < -0.4 is 0 Å². The first kappa shape index (κ1) is 10.6. The Morgan fingerprint density at radius 1 is 1.60 bits per heavy atom. The van der Waals surface area contributed by atoms with Gasteiger partial charge in [0, 0.05) is 24.1 Å². The molecule has 80 valence electrons. The van der Waals surface area contributed by atoms with Gasteiger partial charge in [0.25, 0.3) is 0 Å². The zero-order valence-corrected chi connectivity index (χ0v) is 10.2. The highest BCUT2D eigenvalue weighted by Crippen LogP contribution is 2.30. The molecule has 0 radical (unpaired) electrons. The molecule has 1 aliphatic rings. The molecule has 1 unspecified atom stereocenters. The van der Waals surface area contributed by atoms with Crippen LogP contribution in [-0.4, -0.2) is 22.3 Å². The molecule has 2 rings (SSSR count). The van der Waals surface area contributed by atoms with E-state index >= 15 is 0 Å². The van der Waals surface area contributed by atoms with Gasteiger partial charge in [-0.1, -0.05) is 0 Å². The molecule has 0 N–H and O–H groups in total. The van der Waals surface area contributed by atoms with Crippen LogP contribution in [0.1, 0.15) is 31.5 Å². The monoisotopic (exact) mass is 268 g/mol. The summed E-state index contributed by atoms with van der Waals surface area (Å²) in [6.07, 6.45) is 3.88. The third-order valence-electron chi connectivity index (χ3n) is 2.75. The lowest BCUT2D eigenvalue weighted by molar-refractivity contribution is -0.129. The number of hydrogen-bond acceptors (Lipinski definition) is 2. The number of nitrogens with zero attached hydrogens (tertiary/aromatic N) is 2. The van der Waals surface area contributed by atoms with Gasteiger partial charge in [-0.2, -0.15) is 0 Å². The number of aromatic nitrogens is 1. The molecule has 4 heteroatoms. The summed E-state index contributed by atoms with van der Waals surface area (Å²) >= 11 is 3.36. The summed E-state index contributed by atoms with van der Waals surface area (Å²) in [6.45, 7) is 2.48. The molecule has 1 aliphatic heterocycles. The molecule has 0 saturated carbocycles. The summed E-state index contributed by atoms with van der Waals surface area (Å²) < 4.78 is 0.971. The second kappa shape index (κ2) is 4.31. The number of halogens is 1. The normalized spacial score (nSPS) is 20.7. The van der Waals surface area contributed by atoms with Crippen LogP contribution in [0.3, 0.4) is 0 Å². The van der Waals surface area contributed by atoms with Crippen LogP contribution in [0.5, 0.6) is 0 Å². The summed E-state index contributed by atoms with van der Waals surface area (Å²) in [5.74, 6) is 0.141. The highest BCUT2D eigenvalue weighted by atomic mass is 79.9. The van der Waals surface area contributed by atoms with E-state index in [2.05, 4.69) is 20.9 Å². The van der Waals surface area contributed by atoms with Gasteiger partial charge in [0.2, 0.25) is 5.91 Å². The maximum atomic E-state index is 11.4. The van der Waals surface area contributed by atoms with E-state index in [1.807, 2.05) is 17.0 Å². The molecule has 0 aliphatic carbocycles. The van der Waals surface area contributed by atoms with Gasteiger partial charge >= 0.3 is 0 Å². The van der Waals surface area contributed by atoms with Crippen molar-refractivity contribution in [3.05, 3.63) is 28.5 Å². The van der Waals surface area contributed by atoms with Gasteiger partial charge in [-0.15, -0.1) is 0 Å². The summed E-state index contributed by atoms with van der Waals surface area (Å²) in [7, 11) is 0. The number of pyridine rings is 1. The second-order valence-corrected chi connectivity index (χ2v) is 4.69. The van der Waals surface area contributed by atoms with Crippen molar-refractivity contribution in [1.82, 2.24) is 9.88 Å². The van der Waals surface area contributed by atoms with E-state index in [1.54, 1.807) is 13.1 Å². The van der Waals surface area contributed by atoms with Gasteiger partial charge in [0.15, 0.2) is 0 Å². The van der Waals surface area contributed by atoms with Crippen LogP contribution in [0.15, 0.2) is 22.8 Å². The average Bonchev–Trinajstić information content (AvgIpc) is 2.67. The molecule has 1 saturated heterocycles. The van der Waals surface area contributed by atoms with Crippen molar-refractivity contribution in [2.45, 2.75) is 25.8 Å². The van der Waals surface area contributed by atoms with E-state index in [9.17, 15) is 4.79 Å². The lowest BCUT2D eigenvalue weighted by Gasteiger charge is -2.22. The quantitative estimate of drug-likeness (QED) is 0.784. The third kappa shape index (κ3) is 2.20. The molecule has 2 heterocycles. The van der Waals surface area contributed by atoms with Crippen LogP contribution in [0.4, 0.5) is 0 Å². The molecule has 1 aromatic rings. The Kier molecular flexibility index (Phi) is 3.05. The van der Waals surface area contributed by atoms with Gasteiger partial charge in [0.1, 0.15) is 0 Å². The minimum absolute atomic E-state index is 0.141. The van der Waals surface area contributed by atoms with Crippen molar-refractivity contribution in [2.24, 2.45) is 0 Å². The SMILES string of the molecule is CC(=O)N1CCCC1c1ccc(Br)cn1. The first-order valence-corrected chi connectivity index (χ1v) is 5.86. The first-order chi connectivity index (χ1) is 7.18. The highest BCUT2D eigenvalue weighted by Gasteiger charge is 2.28. The third-order valence-corrected chi connectivity index (χ3v) is 3.22. The highest BCUT2D eigenvalue weighted by molar-refractivity contribution is 9.10. The fourth-order valence-corrected chi connectivity index (χ4v) is 2.27. The van der Waals surface area contributed by atoms with Crippen molar-refractivity contribution in [3.8, 4) is 0 Å². The number of likely N-dealkylation sites (tertiary alicyclic amines) is 1. The van der Waals surface area contributed by atoms with Gasteiger partial charge in [-0.25, -0.2) is 0 Å².